The van der Waals surface area contributed by atoms with Gasteiger partial charge in [-0.1, -0.05) is 26.2 Å². The van der Waals surface area contributed by atoms with Crippen molar-refractivity contribution in [3.05, 3.63) is 0 Å². The van der Waals surface area contributed by atoms with Gasteiger partial charge in [-0.2, -0.15) is 0 Å². The van der Waals surface area contributed by atoms with Gasteiger partial charge in [-0.05, 0) is 131 Å². The monoisotopic (exact) mass is 578 g/mol. The highest BCUT2D eigenvalue weighted by Crippen LogP contribution is 2.49. The van der Waals surface area contributed by atoms with Crippen molar-refractivity contribution in [3.63, 3.8) is 0 Å². The van der Waals surface area contributed by atoms with Crippen molar-refractivity contribution in [3.8, 4) is 0 Å². The third kappa shape index (κ3) is 15.8. The van der Waals surface area contributed by atoms with Gasteiger partial charge >= 0.3 is 17.6 Å². The fraction of sp³-hybridized carbons (Fsp3) is 1.00. The lowest BCUT2D eigenvalue weighted by Gasteiger charge is -2.52. The maximum atomic E-state index is 7.11. The Labute approximate surface area is 240 Å². The van der Waals surface area contributed by atoms with E-state index in [0.717, 1.165) is 25.7 Å². The van der Waals surface area contributed by atoms with Crippen LogP contribution in [0.25, 0.3) is 0 Å². The van der Waals surface area contributed by atoms with E-state index in [1.54, 1.807) is 0 Å². The molecule has 0 aliphatic heterocycles. The summed E-state index contributed by atoms with van der Waals surface area (Å²) in [5, 5.41) is -0.336. The molecule has 0 aromatic carbocycles. The van der Waals surface area contributed by atoms with Gasteiger partial charge in [0.2, 0.25) is 0 Å². The summed E-state index contributed by atoms with van der Waals surface area (Å²) >= 11 is 0. The number of hydrogen-bond donors (Lipinski definition) is 0. The van der Waals surface area contributed by atoms with E-state index in [9.17, 15) is 0 Å². The SMILES string of the molecule is CCCCCC([Si](OC(C)(C)C)(OC(C)(C)C)OC(C)(C)C)[Si](OC(C)(C)C)(OC(C)(C)C)OC(C)(C)C. The minimum atomic E-state index is -3.63. The summed E-state index contributed by atoms with van der Waals surface area (Å²) in [7, 11) is -7.26. The molecule has 0 spiro atoms. The Morgan fingerprint density at radius 1 is 0.395 bits per heavy atom. The Balaban J connectivity index is 7.87. The Morgan fingerprint density at radius 2 is 0.605 bits per heavy atom. The van der Waals surface area contributed by atoms with Crippen LogP contribution in [0.4, 0.5) is 0 Å². The summed E-state index contributed by atoms with van der Waals surface area (Å²) in [5.41, 5.74) is -3.18. The standard InChI is InChI=1S/C30H66O6Si2/c1-20-21-22-23-24(37(31-25(2,3)4,32-26(5,6)7)33-27(8,9)10)38(34-28(11,12)13,35-29(14,15)16)36-30(17,18)19/h24H,20-23H2,1-19H3. The van der Waals surface area contributed by atoms with Gasteiger partial charge in [0.25, 0.3) is 0 Å². The smallest absolute Gasteiger partial charge is 0.368 e. The molecule has 38 heavy (non-hydrogen) atoms. The number of rotatable bonds is 12. The van der Waals surface area contributed by atoms with Crippen molar-refractivity contribution in [1.29, 1.82) is 0 Å². The van der Waals surface area contributed by atoms with Crippen LogP contribution in [-0.4, -0.2) is 51.2 Å². The van der Waals surface area contributed by atoms with Crippen molar-refractivity contribution in [2.75, 3.05) is 0 Å². The topological polar surface area (TPSA) is 55.4 Å². The quantitative estimate of drug-likeness (QED) is 0.170. The average Bonchev–Trinajstić information content (AvgIpc) is 2.47. The van der Waals surface area contributed by atoms with Crippen LogP contribution >= 0.6 is 0 Å². The van der Waals surface area contributed by atoms with Crippen molar-refractivity contribution in [2.45, 2.75) is 196 Å². The van der Waals surface area contributed by atoms with Crippen LogP contribution < -0.4 is 0 Å². The maximum absolute atomic E-state index is 7.11. The molecule has 6 nitrogen and oxygen atoms in total. The van der Waals surface area contributed by atoms with Gasteiger partial charge in [-0.25, -0.2) is 0 Å². The first-order chi connectivity index (χ1) is 16.4. The van der Waals surface area contributed by atoms with Gasteiger partial charge in [0, 0.05) is 0 Å². The first-order valence-electron chi connectivity index (χ1n) is 14.6. The third-order valence-corrected chi connectivity index (χ3v) is 14.4. The van der Waals surface area contributed by atoms with Crippen molar-refractivity contribution >= 4 is 17.6 Å². The minimum absolute atomic E-state index is 0.336. The molecule has 0 amide bonds. The fourth-order valence-electron chi connectivity index (χ4n) is 4.28. The number of unbranched alkanes of at least 4 members (excludes halogenated alkanes) is 2. The normalized spacial score (nSPS) is 15.5. The zero-order chi connectivity index (χ0) is 30.6. The van der Waals surface area contributed by atoms with E-state index in [1.807, 2.05) is 0 Å². The summed E-state index contributed by atoms with van der Waals surface area (Å²) in [4.78, 5) is 0. The van der Waals surface area contributed by atoms with Crippen LogP contribution in [0.15, 0.2) is 0 Å². The second-order valence-electron chi connectivity index (χ2n) is 16.5. The Morgan fingerprint density at radius 3 is 0.763 bits per heavy atom. The van der Waals surface area contributed by atoms with E-state index in [2.05, 4.69) is 132 Å². The molecule has 230 valence electrons. The number of hydrogen-bond acceptors (Lipinski definition) is 6. The largest absolute Gasteiger partial charge is 0.510 e. The highest BCUT2D eigenvalue weighted by atomic mass is 28.5. The van der Waals surface area contributed by atoms with E-state index in [4.69, 9.17) is 26.6 Å². The molecule has 8 heteroatoms. The Kier molecular flexibility index (Phi) is 13.1. The first kappa shape index (κ1) is 38.2. The molecule has 0 unspecified atom stereocenters. The zero-order valence-corrected chi connectivity index (χ0v) is 30.9. The summed E-state index contributed by atoms with van der Waals surface area (Å²) in [5.74, 6) is 0. The van der Waals surface area contributed by atoms with Crippen molar-refractivity contribution in [2.24, 2.45) is 0 Å². The Bertz CT molecular complexity index is 560. The van der Waals surface area contributed by atoms with E-state index in [0.29, 0.717) is 0 Å². The van der Waals surface area contributed by atoms with Gasteiger partial charge in [0.05, 0.1) is 38.8 Å². The first-order valence-corrected chi connectivity index (χ1v) is 18.2. The van der Waals surface area contributed by atoms with Gasteiger partial charge in [0.15, 0.2) is 0 Å². The molecule has 0 saturated heterocycles. The Hall–Kier alpha value is 0.194. The molecular formula is C30H66O6Si2. The molecular weight excluding hydrogens is 512 g/mol. The van der Waals surface area contributed by atoms with Crippen molar-refractivity contribution in [1.82, 2.24) is 0 Å². The minimum Gasteiger partial charge on any atom is -0.368 e. The molecule has 0 aromatic heterocycles. The van der Waals surface area contributed by atoms with E-state index in [1.165, 1.54) is 0 Å². The molecule has 0 aliphatic carbocycles. The summed E-state index contributed by atoms with van der Waals surface area (Å²) in [6, 6.07) is 0. The summed E-state index contributed by atoms with van der Waals surface area (Å²) in [6.45, 7) is 39.5. The molecule has 0 aromatic rings. The van der Waals surface area contributed by atoms with Gasteiger partial charge in [0.1, 0.15) is 0 Å². The molecule has 0 radical (unpaired) electrons. The van der Waals surface area contributed by atoms with Crippen LogP contribution in [0.2, 0.25) is 5.16 Å². The highest BCUT2D eigenvalue weighted by Gasteiger charge is 2.70. The molecule has 0 fully saturated rings. The van der Waals surface area contributed by atoms with Crippen LogP contribution in [0.3, 0.4) is 0 Å². The average molecular weight is 579 g/mol. The predicted molar refractivity (Wildman–Crippen MR) is 164 cm³/mol. The molecule has 0 saturated carbocycles. The molecule has 0 bridgehead atoms. The second-order valence-corrected chi connectivity index (χ2v) is 22.2. The van der Waals surface area contributed by atoms with Crippen molar-refractivity contribution < 1.29 is 26.6 Å². The van der Waals surface area contributed by atoms with Crippen LogP contribution in [0.5, 0.6) is 0 Å². The van der Waals surface area contributed by atoms with Gasteiger partial charge in [-0.15, -0.1) is 0 Å². The maximum Gasteiger partial charge on any atom is 0.510 e. The molecule has 0 heterocycles. The second kappa shape index (κ2) is 13.0. The third-order valence-electron chi connectivity index (χ3n) is 4.64. The van der Waals surface area contributed by atoms with Crippen LogP contribution in [0, 0.1) is 0 Å². The zero-order valence-electron chi connectivity index (χ0n) is 28.9. The fourth-order valence-corrected chi connectivity index (χ4v) is 14.4. The van der Waals surface area contributed by atoms with Crippen LogP contribution in [0.1, 0.15) is 157 Å². The summed E-state index contributed by atoms with van der Waals surface area (Å²) < 4.78 is 42.7. The van der Waals surface area contributed by atoms with E-state index < -0.39 is 51.2 Å². The molecule has 0 N–H and O–H groups in total. The van der Waals surface area contributed by atoms with Gasteiger partial charge < -0.3 is 26.6 Å². The highest BCUT2D eigenvalue weighted by molar-refractivity contribution is 6.83. The lowest BCUT2D eigenvalue weighted by molar-refractivity contribution is -0.103. The van der Waals surface area contributed by atoms with E-state index in [-0.39, 0.29) is 5.16 Å². The van der Waals surface area contributed by atoms with Crippen LogP contribution in [-0.2, 0) is 26.6 Å². The van der Waals surface area contributed by atoms with Gasteiger partial charge in [-0.3, -0.25) is 0 Å². The lowest BCUT2D eigenvalue weighted by atomic mass is 10.2. The lowest BCUT2D eigenvalue weighted by Crippen LogP contribution is -2.71. The molecule has 0 aliphatic rings. The van der Waals surface area contributed by atoms with E-state index >= 15 is 0 Å². The molecule has 0 rings (SSSR count). The summed E-state index contributed by atoms with van der Waals surface area (Å²) in [6.07, 6.45) is 3.90. The molecule has 0 atom stereocenters. The predicted octanol–water partition coefficient (Wildman–Crippen LogP) is 9.24.